The lowest BCUT2D eigenvalue weighted by Crippen LogP contribution is -2.56. The molecular weight excluding hydrogens is 288 g/mol. The minimum absolute atomic E-state index is 0.00454. The molecule has 2 atom stereocenters. The summed E-state index contributed by atoms with van der Waals surface area (Å²) in [6.45, 7) is 3.87. The maximum absolute atomic E-state index is 12.4. The summed E-state index contributed by atoms with van der Waals surface area (Å²) < 4.78 is 28.2. The van der Waals surface area contributed by atoms with Gasteiger partial charge in [0.05, 0.1) is 8.07 Å². The van der Waals surface area contributed by atoms with Gasteiger partial charge in [0.2, 0.25) is 0 Å². The lowest BCUT2D eigenvalue weighted by molar-refractivity contribution is -0.157. The summed E-state index contributed by atoms with van der Waals surface area (Å²) in [4.78, 5) is 12.4. The molecule has 0 bridgehead atoms. The number of carbonyl (C=O) groups excluding carboxylic acids is 1. The second-order valence-electron chi connectivity index (χ2n) is 6.88. The van der Waals surface area contributed by atoms with E-state index in [1.165, 1.54) is 0 Å². The van der Waals surface area contributed by atoms with Crippen LogP contribution in [-0.4, -0.2) is 14.0 Å². The van der Waals surface area contributed by atoms with Gasteiger partial charge in [0.25, 0.3) is 0 Å². The van der Waals surface area contributed by atoms with Crippen LogP contribution in [0.1, 0.15) is 33.2 Å². The fourth-order valence-electron chi connectivity index (χ4n) is 3.79. The van der Waals surface area contributed by atoms with Crippen molar-refractivity contribution in [2.75, 3.05) is 0 Å². The summed E-state index contributed by atoms with van der Waals surface area (Å²) in [6, 6.07) is 17.4. The Morgan fingerprint density at radius 1 is 1.09 bits per heavy atom. The first-order valence-electron chi connectivity index (χ1n) is 8.97. The molecule has 1 aliphatic rings. The van der Waals surface area contributed by atoms with Crippen LogP contribution in [0.15, 0.2) is 54.6 Å². The maximum Gasteiger partial charge on any atom is 0.303 e. The number of fused-ring (bicyclic) bond motifs is 1. The lowest BCUT2D eigenvalue weighted by Gasteiger charge is -2.55. The van der Waals surface area contributed by atoms with Crippen molar-refractivity contribution >= 4 is 14.0 Å². The van der Waals surface area contributed by atoms with Crippen LogP contribution >= 0.6 is 0 Å². The molecule has 0 saturated carbocycles. The van der Waals surface area contributed by atoms with Crippen molar-refractivity contribution in [3.8, 4) is 0 Å². The van der Waals surface area contributed by atoms with Crippen molar-refractivity contribution in [3.05, 3.63) is 71.3 Å². The normalized spacial score (nSPS) is 26.0. The molecule has 2 aromatic carbocycles. The zero-order valence-corrected chi connectivity index (χ0v) is 14.1. The molecule has 0 fully saturated rings. The van der Waals surface area contributed by atoms with Gasteiger partial charge >= 0.3 is 5.97 Å². The van der Waals surface area contributed by atoms with Crippen LogP contribution in [0.3, 0.4) is 0 Å². The predicted molar refractivity (Wildman–Crippen MR) is 91.5 cm³/mol. The Hall–Kier alpha value is -1.87. The molecule has 114 valence electrons. The lowest BCUT2D eigenvalue weighted by atomic mass is 9.68. The van der Waals surface area contributed by atoms with Crippen LogP contribution in [0.25, 0.3) is 0 Å². The molecule has 0 aliphatic heterocycles. The van der Waals surface area contributed by atoms with E-state index in [0.717, 1.165) is 16.7 Å². The molecule has 0 spiro atoms. The van der Waals surface area contributed by atoms with E-state index in [2.05, 4.69) is 25.7 Å². The van der Waals surface area contributed by atoms with Gasteiger partial charge < -0.3 is 4.74 Å². The Balaban J connectivity index is 2.23. The van der Waals surface area contributed by atoms with Crippen LogP contribution in [0.2, 0.25) is 19.6 Å². The minimum Gasteiger partial charge on any atom is -0.449 e. The zero-order chi connectivity index (χ0) is 18.5. The maximum atomic E-state index is 12.4. The number of rotatable bonds is 3. The summed E-state index contributed by atoms with van der Waals surface area (Å²) in [7, 11) is -1.83. The number of esters is 1. The summed E-state index contributed by atoms with van der Waals surface area (Å²) in [5.74, 6) is -1.14. The Labute approximate surface area is 137 Å². The molecule has 0 unspecified atom stereocenters. The third-order valence-corrected chi connectivity index (χ3v) is 6.85. The monoisotopic (exact) mass is 313 g/mol. The molecule has 3 rings (SSSR count). The highest BCUT2D eigenvalue weighted by molar-refractivity contribution is 6.78. The number of benzene rings is 2. The highest BCUT2D eigenvalue weighted by Gasteiger charge is 2.60. The van der Waals surface area contributed by atoms with Gasteiger partial charge in [-0.05, 0) is 5.56 Å². The summed E-state index contributed by atoms with van der Waals surface area (Å²) in [6.07, 6.45) is 0. The highest BCUT2D eigenvalue weighted by Crippen LogP contribution is 2.59. The van der Waals surface area contributed by atoms with Gasteiger partial charge in [-0.1, -0.05) is 74.2 Å². The van der Waals surface area contributed by atoms with Crippen LogP contribution in [0.5, 0.6) is 0 Å². The first-order chi connectivity index (χ1) is 11.6. The number of hydrogen-bond acceptors (Lipinski definition) is 2. The van der Waals surface area contributed by atoms with E-state index in [4.69, 9.17) is 8.85 Å². The number of carbonyl (C=O) groups is 1. The first kappa shape index (κ1) is 11.7. The van der Waals surface area contributed by atoms with Gasteiger partial charge in [0.15, 0.2) is 5.60 Å². The second-order valence-corrected chi connectivity index (χ2v) is 12.2. The molecule has 0 amide bonds. The van der Waals surface area contributed by atoms with Crippen molar-refractivity contribution in [3.63, 3.8) is 0 Å². The predicted octanol–water partition coefficient (Wildman–Crippen LogP) is 4.47. The van der Waals surface area contributed by atoms with E-state index in [0.29, 0.717) is 0 Å². The molecule has 0 aromatic heterocycles. The number of hydrogen-bond donors (Lipinski definition) is 0. The van der Waals surface area contributed by atoms with Crippen molar-refractivity contribution in [1.29, 1.82) is 0 Å². The van der Waals surface area contributed by atoms with Gasteiger partial charge in [-0.25, -0.2) is 0 Å². The fraction of sp³-hybridized carbons (Fsp3) is 0.316. The second kappa shape index (κ2) is 5.09. The van der Waals surface area contributed by atoms with Gasteiger partial charge in [0.1, 0.15) is 0 Å². The fourth-order valence-corrected chi connectivity index (χ4v) is 6.57. The molecule has 2 aromatic rings. The van der Waals surface area contributed by atoms with Gasteiger partial charge in [0, 0.05) is 27.6 Å². The Kier molecular flexibility index (Phi) is 2.70. The van der Waals surface area contributed by atoms with Gasteiger partial charge in [-0.3, -0.25) is 4.79 Å². The Morgan fingerprint density at radius 3 is 2.36 bits per heavy atom. The molecule has 0 saturated heterocycles. The quantitative estimate of drug-likeness (QED) is 0.617. The molecule has 22 heavy (non-hydrogen) atoms. The van der Waals surface area contributed by atoms with E-state index >= 15 is 0 Å². The largest absolute Gasteiger partial charge is 0.449 e. The van der Waals surface area contributed by atoms with Crippen molar-refractivity contribution in [1.82, 2.24) is 0 Å². The molecule has 1 aliphatic carbocycles. The summed E-state index contributed by atoms with van der Waals surface area (Å²) >= 11 is 0. The van der Waals surface area contributed by atoms with Crippen molar-refractivity contribution in [2.45, 2.75) is 37.6 Å². The summed E-state index contributed by atoms with van der Waals surface area (Å²) in [5, 5.41) is 0. The van der Waals surface area contributed by atoms with E-state index in [9.17, 15) is 4.79 Å². The average molecular weight is 313 g/mol. The van der Waals surface area contributed by atoms with Gasteiger partial charge in [-0.2, -0.15) is 0 Å². The van der Waals surface area contributed by atoms with Crippen LogP contribution < -0.4 is 0 Å². The molecule has 0 heterocycles. The third-order valence-electron chi connectivity index (χ3n) is 4.40. The topological polar surface area (TPSA) is 26.3 Å². The smallest absolute Gasteiger partial charge is 0.303 e. The molecule has 0 radical (unpaired) electrons. The van der Waals surface area contributed by atoms with Crippen LogP contribution in [0, 0.1) is 0 Å². The zero-order valence-electron chi connectivity index (χ0n) is 16.1. The van der Waals surface area contributed by atoms with E-state index in [1.54, 1.807) is 0 Å². The number of ether oxygens (including phenoxy) is 1. The van der Waals surface area contributed by atoms with Crippen molar-refractivity contribution in [2.24, 2.45) is 0 Å². The van der Waals surface area contributed by atoms with E-state index < -0.39 is 26.5 Å². The standard InChI is InChI=1S/C19H22O2Si/c1-14(20)21-19(15-10-6-5-7-11-15)17-13-9-8-12-16(17)18(19)22(2,3)4/h5-13,18H,1-4H3/t18-,19+/m0/s1/i1D3. The Morgan fingerprint density at radius 2 is 1.73 bits per heavy atom. The highest BCUT2D eigenvalue weighted by atomic mass is 28.3. The summed E-state index contributed by atoms with van der Waals surface area (Å²) in [5.41, 5.74) is 1.87. The molecular formula is C19H22O2Si. The molecule has 0 N–H and O–H groups in total. The average Bonchev–Trinajstić information content (AvgIpc) is 2.51. The molecule has 2 nitrogen and oxygen atoms in total. The third kappa shape index (κ3) is 2.12. The van der Waals surface area contributed by atoms with Crippen molar-refractivity contribution < 1.29 is 13.6 Å². The SMILES string of the molecule is [2H]C([2H])([2H])C(=O)O[C@]1(c2ccccc2)c2ccccc2[C@@H]1[Si](C)(C)C. The van der Waals surface area contributed by atoms with E-state index in [1.807, 2.05) is 48.5 Å². The van der Waals surface area contributed by atoms with Crippen LogP contribution in [0.4, 0.5) is 0 Å². The van der Waals surface area contributed by atoms with E-state index in [-0.39, 0.29) is 5.54 Å². The first-order valence-corrected chi connectivity index (χ1v) is 11.0. The van der Waals surface area contributed by atoms with Gasteiger partial charge in [-0.15, -0.1) is 0 Å². The van der Waals surface area contributed by atoms with Crippen LogP contribution in [-0.2, 0) is 15.1 Å². The minimum atomic E-state index is -2.78. The Bertz CT molecular complexity index is 796. The molecule has 3 heteroatoms.